The topological polar surface area (TPSA) is 46.2 Å². The Morgan fingerprint density at radius 2 is 1.80 bits per heavy atom. The maximum absolute atomic E-state index is 9.93. The maximum atomic E-state index is 9.93. The number of hydrogen-bond donors (Lipinski definition) is 2. The van der Waals surface area contributed by atoms with Crippen LogP contribution in [-0.2, 0) is 0 Å². The molecule has 1 fully saturated rings. The summed E-state index contributed by atoms with van der Waals surface area (Å²) in [5, 5.41) is 9.93. The molecule has 0 bridgehead atoms. The molecule has 2 rings (SSSR count). The van der Waals surface area contributed by atoms with Crippen LogP contribution < -0.4 is 5.73 Å². The van der Waals surface area contributed by atoms with Crippen LogP contribution in [0.15, 0.2) is 24.3 Å². The average molecular weight is 205 g/mol. The van der Waals surface area contributed by atoms with Gasteiger partial charge >= 0.3 is 0 Å². The molecule has 0 aliphatic heterocycles. The van der Waals surface area contributed by atoms with Gasteiger partial charge < -0.3 is 10.8 Å². The lowest BCUT2D eigenvalue weighted by Crippen LogP contribution is -2.05. The van der Waals surface area contributed by atoms with Crippen LogP contribution in [0.25, 0.3) is 0 Å². The van der Waals surface area contributed by atoms with Crippen LogP contribution in [0.2, 0.25) is 0 Å². The van der Waals surface area contributed by atoms with Crippen molar-refractivity contribution < 1.29 is 5.11 Å². The zero-order valence-electron chi connectivity index (χ0n) is 9.19. The fraction of sp³-hybridized carbons (Fsp3) is 0.538. The molecule has 2 atom stereocenters. The molecule has 0 radical (unpaired) electrons. The highest BCUT2D eigenvalue weighted by Crippen LogP contribution is 2.37. The fourth-order valence-corrected chi connectivity index (χ4v) is 1.83. The van der Waals surface area contributed by atoms with Crippen molar-refractivity contribution in [2.24, 2.45) is 11.7 Å². The molecular weight excluding hydrogens is 186 g/mol. The summed E-state index contributed by atoms with van der Waals surface area (Å²) in [4.78, 5) is 0. The molecule has 15 heavy (non-hydrogen) atoms. The van der Waals surface area contributed by atoms with Gasteiger partial charge in [0.1, 0.15) is 0 Å². The van der Waals surface area contributed by atoms with E-state index in [-0.39, 0.29) is 12.1 Å². The first kappa shape index (κ1) is 10.7. The van der Waals surface area contributed by atoms with E-state index in [0.717, 1.165) is 23.5 Å². The van der Waals surface area contributed by atoms with Crippen molar-refractivity contribution in [3.63, 3.8) is 0 Å². The highest BCUT2D eigenvalue weighted by molar-refractivity contribution is 5.26. The van der Waals surface area contributed by atoms with Gasteiger partial charge in [0, 0.05) is 6.04 Å². The summed E-state index contributed by atoms with van der Waals surface area (Å²) in [6, 6.07) is 8.07. The second-order valence-corrected chi connectivity index (χ2v) is 4.65. The molecule has 0 aromatic heterocycles. The van der Waals surface area contributed by atoms with Gasteiger partial charge in [0.05, 0.1) is 6.10 Å². The first-order valence-electron chi connectivity index (χ1n) is 5.70. The second kappa shape index (κ2) is 4.33. The number of aliphatic hydroxyl groups is 1. The molecule has 1 aliphatic carbocycles. The molecule has 1 aliphatic rings. The van der Waals surface area contributed by atoms with Crippen molar-refractivity contribution in [2.45, 2.75) is 38.3 Å². The maximum Gasteiger partial charge on any atom is 0.0792 e. The van der Waals surface area contributed by atoms with Crippen molar-refractivity contribution in [1.29, 1.82) is 0 Å². The number of rotatable bonds is 4. The van der Waals surface area contributed by atoms with E-state index in [0.29, 0.717) is 0 Å². The van der Waals surface area contributed by atoms with E-state index >= 15 is 0 Å². The minimum Gasteiger partial charge on any atom is -0.388 e. The third-order valence-corrected chi connectivity index (χ3v) is 3.10. The van der Waals surface area contributed by atoms with Crippen LogP contribution >= 0.6 is 0 Å². The third-order valence-electron chi connectivity index (χ3n) is 3.10. The molecule has 82 valence electrons. The van der Waals surface area contributed by atoms with Crippen LogP contribution in [0, 0.1) is 5.92 Å². The molecular formula is C13H19NO. The molecule has 0 heterocycles. The van der Waals surface area contributed by atoms with E-state index < -0.39 is 0 Å². The second-order valence-electron chi connectivity index (χ2n) is 4.65. The number of aliphatic hydroxyl groups excluding tert-OH is 1. The van der Waals surface area contributed by atoms with Gasteiger partial charge in [-0.3, -0.25) is 0 Å². The van der Waals surface area contributed by atoms with E-state index in [1.54, 1.807) is 0 Å². The Morgan fingerprint density at radius 1 is 1.27 bits per heavy atom. The Morgan fingerprint density at radius 3 is 2.27 bits per heavy atom. The Labute approximate surface area is 91.1 Å². The van der Waals surface area contributed by atoms with Gasteiger partial charge in [-0.05, 0) is 30.4 Å². The summed E-state index contributed by atoms with van der Waals surface area (Å²) in [6.07, 6.45) is 3.20. The molecule has 3 N–H and O–H groups in total. The monoisotopic (exact) mass is 205 g/mol. The van der Waals surface area contributed by atoms with Crippen molar-refractivity contribution in [3.8, 4) is 0 Å². The van der Waals surface area contributed by atoms with E-state index in [2.05, 4.69) is 0 Å². The molecule has 1 saturated carbocycles. The predicted octanol–water partition coefficient (Wildman–Crippen LogP) is 2.54. The van der Waals surface area contributed by atoms with Crippen LogP contribution in [0.3, 0.4) is 0 Å². The van der Waals surface area contributed by atoms with Gasteiger partial charge in [-0.15, -0.1) is 0 Å². The van der Waals surface area contributed by atoms with Crippen LogP contribution in [0.5, 0.6) is 0 Å². The summed E-state index contributed by atoms with van der Waals surface area (Å²) >= 11 is 0. The standard InChI is InChI=1S/C13H19NO/c1-9(14)11-4-6-12(7-5-11)13(15)8-10-2-3-10/h4-7,9-10,13,15H,2-3,8,14H2,1H3/t9-,13?/m0/s1. The molecule has 1 aromatic rings. The van der Waals surface area contributed by atoms with Crippen LogP contribution in [-0.4, -0.2) is 5.11 Å². The number of nitrogens with two attached hydrogens (primary N) is 1. The predicted molar refractivity (Wildman–Crippen MR) is 61.3 cm³/mol. The van der Waals surface area contributed by atoms with Gasteiger partial charge in [-0.1, -0.05) is 37.1 Å². The molecule has 2 nitrogen and oxygen atoms in total. The Balaban J connectivity index is 2.01. The first-order chi connectivity index (χ1) is 7.16. The smallest absolute Gasteiger partial charge is 0.0792 e. The number of hydrogen-bond acceptors (Lipinski definition) is 2. The van der Waals surface area contributed by atoms with Gasteiger partial charge in [0.2, 0.25) is 0 Å². The lowest BCUT2D eigenvalue weighted by atomic mass is 10.0. The Bertz CT molecular complexity index is 314. The minimum absolute atomic E-state index is 0.0691. The fourth-order valence-electron chi connectivity index (χ4n) is 1.83. The third kappa shape index (κ3) is 2.80. The summed E-state index contributed by atoms with van der Waals surface area (Å²) in [5.41, 5.74) is 7.91. The van der Waals surface area contributed by atoms with Crippen molar-refractivity contribution in [3.05, 3.63) is 35.4 Å². The largest absolute Gasteiger partial charge is 0.388 e. The van der Waals surface area contributed by atoms with Gasteiger partial charge in [0.25, 0.3) is 0 Å². The highest BCUT2D eigenvalue weighted by Gasteiger charge is 2.25. The zero-order chi connectivity index (χ0) is 10.8. The summed E-state index contributed by atoms with van der Waals surface area (Å²) < 4.78 is 0. The molecule has 2 heteroatoms. The van der Waals surface area contributed by atoms with Crippen molar-refractivity contribution in [1.82, 2.24) is 0 Å². The quantitative estimate of drug-likeness (QED) is 0.793. The minimum atomic E-state index is -0.292. The number of benzene rings is 1. The van der Waals surface area contributed by atoms with Gasteiger partial charge in [-0.25, -0.2) is 0 Å². The van der Waals surface area contributed by atoms with Crippen LogP contribution in [0.1, 0.15) is 49.5 Å². The normalized spacial score (nSPS) is 19.9. The molecule has 1 aromatic carbocycles. The summed E-state index contributed by atoms with van der Waals surface area (Å²) in [7, 11) is 0. The molecule has 0 amide bonds. The van der Waals surface area contributed by atoms with E-state index in [1.807, 2.05) is 31.2 Å². The van der Waals surface area contributed by atoms with Crippen molar-refractivity contribution in [2.75, 3.05) is 0 Å². The SMILES string of the molecule is C[C@H](N)c1ccc(C(O)CC2CC2)cc1. The van der Waals surface area contributed by atoms with Gasteiger partial charge in [0.15, 0.2) is 0 Å². The first-order valence-corrected chi connectivity index (χ1v) is 5.70. The lowest BCUT2D eigenvalue weighted by Gasteiger charge is -2.12. The summed E-state index contributed by atoms with van der Waals surface area (Å²) in [5.74, 6) is 0.758. The molecule has 1 unspecified atom stereocenters. The van der Waals surface area contributed by atoms with E-state index in [4.69, 9.17) is 5.73 Å². The molecule has 0 saturated heterocycles. The zero-order valence-corrected chi connectivity index (χ0v) is 9.19. The van der Waals surface area contributed by atoms with E-state index in [9.17, 15) is 5.11 Å². The van der Waals surface area contributed by atoms with E-state index in [1.165, 1.54) is 12.8 Å². The van der Waals surface area contributed by atoms with Gasteiger partial charge in [-0.2, -0.15) is 0 Å². The highest BCUT2D eigenvalue weighted by atomic mass is 16.3. The lowest BCUT2D eigenvalue weighted by molar-refractivity contribution is 0.160. The van der Waals surface area contributed by atoms with Crippen LogP contribution in [0.4, 0.5) is 0 Å². The Kier molecular flexibility index (Phi) is 3.08. The van der Waals surface area contributed by atoms with Crippen molar-refractivity contribution >= 4 is 0 Å². The average Bonchev–Trinajstić information content (AvgIpc) is 3.02. The molecule has 0 spiro atoms. The Hall–Kier alpha value is -0.860. The summed E-state index contributed by atoms with van der Waals surface area (Å²) in [6.45, 7) is 1.97.